The number of halogens is 3. The van der Waals surface area contributed by atoms with E-state index in [0.717, 1.165) is 28.0 Å². The van der Waals surface area contributed by atoms with E-state index in [9.17, 15) is 0 Å². The number of thiophene rings is 1. The van der Waals surface area contributed by atoms with Crippen LogP contribution in [0.3, 0.4) is 0 Å². The summed E-state index contributed by atoms with van der Waals surface area (Å²) in [7, 11) is 0. The van der Waals surface area contributed by atoms with E-state index >= 15 is 0 Å². The summed E-state index contributed by atoms with van der Waals surface area (Å²) >= 11 is 7.81. The maximum absolute atomic E-state index is 6.11. The zero-order valence-electron chi connectivity index (χ0n) is 14.0. The number of aromatic nitrogens is 2. The first-order valence-corrected chi connectivity index (χ1v) is 8.73. The Kier molecular flexibility index (Phi) is 8.38. The van der Waals surface area contributed by atoms with Crippen molar-refractivity contribution in [3.8, 4) is 0 Å². The molecule has 0 radical (unpaired) electrons. The third-order valence-electron chi connectivity index (χ3n) is 3.65. The van der Waals surface area contributed by atoms with Crippen LogP contribution >= 0.6 is 47.8 Å². The molecular formula is C17H21Cl3N4S. The lowest BCUT2D eigenvalue weighted by molar-refractivity contribution is 0.744. The van der Waals surface area contributed by atoms with E-state index in [1.165, 1.54) is 10.4 Å². The van der Waals surface area contributed by atoms with Gasteiger partial charge in [0.1, 0.15) is 5.82 Å². The van der Waals surface area contributed by atoms with Gasteiger partial charge in [-0.15, -0.1) is 36.2 Å². The third-order valence-corrected chi connectivity index (χ3v) is 5.13. The minimum Gasteiger partial charge on any atom is -0.365 e. The van der Waals surface area contributed by atoms with Crippen LogP contribution in [0.4, 0.5) is 5.82 Å². The lowest BCUT2D eigenvalue weighted by Crippen LogP contribution is -2.17. The second kappa shape index (κ2) is 9.55. The summed E-state index contributed by atoms with van der Waals surface area (Å²) < 4.78 is 1.04. The van der Waals surface area contributed by atoms with Gasteiger partial charge in [0.05, 0.1) is 10.2 Å². The number of aryl methyl sites for hydroxylation is 1. The molecule has 2 heterocycles. The maximum atomic E-state index is 6.11. The van der Waals surface area contributed by atoms with Gasteiger partial charge in [0.25, 0.3) is 0 Å². The SMILES string of the molecule is Cc1c(C[C@H](C)N)sc2c(NCc3ccccc3)nc(Cl)nc12.Cl.Cl. The number of hydrogen-bond donors (Lipinski definition) is 2. The number of nitrogens with zero attached hydrogens (tertiary/aromatic N) is 2. The van der Waals surface area contributed by atoms with E-state index in [2.05, 4.69) is 34.3 Å². The minimum absolute atomic E-state index is 0. The Bertz CT molecular complexity index is 822. The number of benzene rings is 1. The molecule has 0 aliphatic heterocycles. The van der Waals surface area contributed by atoms with Crippen LogP contribution < -0.4 is 11.1 Å². The molecule has 3 N–H and O–H groups in total. The number of rotatable bonds is 5. The number of hydrogen-bond acceptors (Lipinski definition) is 5. The molecule has 136 valence electrons. The zero-order chi connectivity index (χ0) is 16.4. The van der Waals surface area contributed by atoms with Crippen LogP contribution in [0.1, 0.15) is 22.9 Å². The topological polar surface area (TPSA) is 63.8 Å². The first-order valence-electron chi connectivity index (χ1n) is 7.53. The molecule has 0 amide bonds. The fraction of sp³-hybridized carbons (Fsp3) is 0.294. The Morgan fingerprint density at radius 3 is 2.52 bits per heavy atom. The van der Waals surface area contributed by atoms with Crippen molar-refractivity contribution < 1.29 is 0 Å². The maximum Gasteiger partial charge on any atom is 0.224 e. The lowest BCUT2D eigenvalue weighted by atomic mass is 10.1. The molecule has 3 aromatic rings. The van der Waals surface area contributed by atoms with Gasteiger partial charge in [0, 0.05) is 17.5 Å². The number of fused-ring (bicyclic) bond motifs is 1. The van der Waals surface area contributed by atoms with Crippen molar-refractivity contribution >= 4 is 63.8 Å². The Balaban J connectivity index is 0.00000156. The molecule has 3 rings (SSSR count). The van der Waals surface area contributed by atoms with Crippen LogP contribution in [-0.4, -0.2) is 16.0 Å². The van der Waals surface area contributed by atoms with Crippen molar-refractivity contribution in [2.45, 2.75) is 32.9 Å². The van der Waals surface area contributed by atoms with E-state index in [1.807, 2.05) is 25.1 Å². The highest BCUT2D eigenvalue weighted by Crippen LogP contribution is 2.35. The standard InChI is InChI=1S/C17H19ClN4S.2ClH/c1-10(19)8-13-11(2)14-15(23-13)16(22-17(18)21-14)20-9-12-6-4-3-5-7-12;;/h3-7,10H,8-9,19H2,1-2H3,(H,20,21,22);2*1H/t10-;;/m0../s1. The molecule has 0 aliphatic carbocycles. The van der Waals surface area contributed by atoms with Crippen molar-refractivity contribution in [1.29, 1.82) is 0 Å². The molecule has 1 aromatic carbocycles. The predicted octanol–water partition coefficient (Wildman–Crippen LogP) is 5.00. The van der Waals surface area contributed by atoms with Gasteiger partial charge in [0.15, 0.2) is 0 Å². The van der Waals surface area contributed by atoms with Crippen LogP contribution in [0.2, 0.25) is 5.28 Å². The van der Waals surface area contributed by atoms with Crippen molar-refractivity contribution in [1.82, 2.24) is 9.97 Å². The molecule has 0 unspecified atom stereocenters. The van der Waals surface area contributed by atoms with Crippen LogP contribution in [0, 0.1) is 6.92 Å². The summed E-state index contributed by atoms with van der Waals surface area (Å²) in [6, 6.07) is 10.3. The molecule has 0 bridgehead atoms. The number of nitrogens with two attached hydrogens (primary N) is 1. The van der Waals surface area contributed by atoms with Crippen molar-refractivity contribution in [3.63, 3.8) is 0 Å². The van der Waals surface area contributed by atoms with Crippen LogP contribution in [-0.2, 0) is 13.0 Å². The first kappa shape index (κ1) is 21.9. The van der Waals surface area contributed by atoms with Gasteiger partial charge in [-0.1, -0.05) is 30.3 Å². The summed E-state index contributed by atoms with van der Waals surface area (Å²) in [5.74, 6) is 0.785. The molecule has 0 saturated heterocycles. The van der Waals surface area contributed by atoms with Gasteiger partial charge in [-0.2, -0.15) is 4.98 Å². The van der Waals surface area contributed by atoms with Crippen molar-refractivity contribution in [2.75, 3.05) is 5.32 Å². The van der Waals surface area contributed by atoms with Crippen LogP contribution in [0.25, 0.3) is 10.2 Å². The quantitative estimate of drug-likeness (QED) is 0.571. The second-order valence-electron chi connectivity index (χ2n) is 5.69. The number of nitrogens with one attached hydrogen (secondary N) is 1. The van der Waals surface area contributed by atoms with E-state index < -0.39 is 0 Å². The van der Waals surface area contributed by atoms with Crippen LogP contribution in [0.15, 0.2) is 30.3 Å². The van der Waals surface area contributed by atoms with Crippen LogP contribution in [0.5, 0.6) is 0 Å². The normalized spacial score (nSPS) is 11.5. The smallest absolute Gasteiger partial charge is 0.224 e. The van der Waals surface area contributed by atoms with E-state index in [4.69, 9.17) is 17.3 Å². The fourth-order valence-electron chi connectivity index (χ4n) is 2.49. The molecule has 25 heavy (non-hydrogen) atoms. The Morgan fingerprint density at radius 2 is 1.88 bits per heavy atom. The fourth-order valence-corrected chi connectivity index (χ4v) is 4.02. The van der Waals surface area contributed by atoms with Gasteiger partial charge >= 0.3 is 0 Å². The molecule has 0 saturated carbocycles. The van der Waals surface area contributed by atoms with E-state index in [0.29, 0.717) is 6.54 Å². The lowest BCUT2D eigenvalue weighted by Gasteiger charge is -2.07. The van der Waals surface area contributed by atoms with Gasteiger partial charge in [-0.3, -0.25) is 0 Å². The van der Waals surface area contributed by atoms with Gasteiger partial charge in [-0.25, -0.2) is 4.98 Å². The van der Waals surface area contributed by atoms with Gasteiger partial charge in [-0.05, 0) is 43.0 Å². The second-order valence-corrected chi connectivity index (χ2v) is 7.13. The Labute approximate surface area is 169 Å². The summed E-state index contributed by atoms with van der Waals surface area (Å²) in [4.78, 5) is 10.0. The zero-order valence-corrected chi connectivity index (χ0v) is 17.2. The highest BCUT2D eigenvalue weighted by molar-refractivity contribution is 7.19. The summed E-state index contributed by atoms with van der Waals surface area (Å²) in [6.45, 7) is 4.78. The Hall–Kier alpha value is -1.11. The van der Waals surface area contributed by atoms with Crippen molar-refractivity contribution in [2.24, 2.45) is 5.73 Å². The monoisotopic (exact) mass is 418 g/mol. The van der Waals surface area contributed by atoms with Gasteiger partial charge in [0.2, 0.25) is 5.28 Å². The average molecular weight is 420 g/mol. The summed E-state index contributed by atoms with van der Waals surface area (Å²) in [6.07, 6.45) is 0.836. The van der Waals surface area contributed by atoms with Crippen molar-refractivity contribution in [3.05, 3.63) is 51.6 Å². The number of anilines is 1. The summed E-state index contributed by atoms with van der Waals surface area (Å²) in [5, 5.41) is 3.65. The molecule has 4 nitrogen and oxygen atoms in total. The van der Waals surface area contributed by atoms with E-state index in [1.54, 1.807) is 11.3 Å². The first-order chi connectivity index (χ1) is 11.0. The molecule has 0 aliphatic rings. The van der Waals surface area contributed by atoms with E-state index in [-0.39, 0.29) is 36.1 Å². The average Bonchev–Trinajstić information content (AvgIpc) is 2.82. The molecule has 0 spiro atoms. The molecule has 1 atom stereocenters. The predicted molar refractivity (Wildman–Crippen MR) is 113 cm³/mol. The third kappa shape index (κ3) is 5.19. The molecule has 2 aromatic heterocycles. The summed E-state index contributed by atoms with van der Waals surface area (Å²) in [5.41, 5.74) is 9.21. The van der Waals surface area contributed by atoms with Gasteiger partial charge < -0.3 is 11.1 Å². The minimum atomic E-state index is 0. The Morgan fingerprint density at radius 1 is 1.20 bits per heavy atom. The highest BCUT2D eigenvalue weighted by Gasteiger charge is 2.16. The molecular weight excluding hydrogens is 399 g/mol. The largest absolute Gasteiger partial charge is 0.365 e. The highest BCUT2D eigenvalue weighted by atomic mass is 35.5. The molecule has 8 heteroatoms. The molecule has 0 fully saturated rings.